The number of carbonyl (C=O) groups is 2. The molecule has 0 aromatic heterocycles. The van der Waals surface area contributed by atoms with Gasteiger partial charge >= 0.3 is 0 Å². The Kier molecular flexibility index (Phi) is 6.90. The molecule has 2 rings (SSSR count). The van der Waals surface area contributed by atoms with Crippen molar-refractivity contribution in [3.05, 3.63) is 59.4 Å². The number of amides is 2. The highest BCUT2D eigenvalue weighted by atomic mass is 19.1. The van der Waals surface area contributed by atoms with Crippen molar-refractivity contribution in [2.24, 2.45) is 0 Å². The topological polar surface area (TPSA) is 70.7 Å². The molecular formula is C20H24FN3O3. The van der Waals surface area contributed by atoms with Crippen LogP contribution in [0.4, 0.5) is 10.1 Å². The predicted molar refractivity (Wildman–Crippen MR) is 102 cm³/mol. The first-order valence-electron chi connectivity index (χ1n) is 8.47. The van der Waals surface area contributed by atoms with Gasteiger partial charge in [0.2, 0.25) is 5.91 Å². The van der Waals surface area contributed by atoms with Crippen LogP contribution in [0.25, 0.3) is 0 Å². The Hall–Kier alpha value is -2.93. The van der Waals surface area contributed by atoms with Gasteiger partial charge in [0.25, 0.3) is 5.91 Å². The Morgan fingerprint density at radius 1 is 1.15 bits per heavy atom. The Balaban J connectivity index is 2.12. The molecule has 0 aliphatic carbocycles. The van der Waals surface area contributed by atoms with Crippen LogP contribution in [0, 0.1) is 5.82 Å². The summed E-state index contributed by atoms with van der Waals surface area (Å²) in [6.07, 6.45) is 0. The van der Waals surface area contributed by atoms with E-state index in [-0.39, 0.29) is 17.5 Å². The molecule has 0 saturated carbocycles. The van der Waals surface area contributed by atoms with Crippen LogP contribution in [-0.2, 0) is 4.79 Å². The number of hydrogen-bond acceptors (Lipinski definition) is 4. The number of hydrogen-bond donors (Lipinski definition) is 2. The molecule has 6 nitrogen and oxygen atoms in total. The van der Waals surface area contributed by atoms with E-state index in [9.17, 15) is 14.0 Å². The fourth-order valence-corrected chi connectivity index (χ4v) is 2.69. The van der Waals surface area contributed by atoms with E-state index >= 15 is 0 Å². The molecule has 0 fully saturated rings. The van der Waals surface area contributed by atoms with Gasteiger partial charge in [0, 0.05) is 19.2 Å². The van der Waals surface area contributed by atoms with E-state index in [1.165, 1.54) is 19.1 Å². The largest absolute Gasteiger partial charge is 0.497 e. The van der Waals surface area contributed by atoms with Crippen molar-refractivity contribution in [3.63, 3.8) is 0 Å². The fraction of sp³-hybridized carbons (Fsp3) is 0.300. The number of methoxy groups -OCH3 is 1. The minimum absolute atomic E-state index is 0.0959. The summed E-state index contributed by atoms with van der Waals surface area (Å²) < 4.78 is 19.2. The smallest absolute Gasteiger partial charge is 0.254 e. The van der Waals surface area contributed by atoms with Crippen LogP contribution >= 0.6 is 0 Å². The number of halogens is 1. The molecule has 0 saturated heterocycles. The molecule has 1 atom stereocenters. The summed E-state index contributed by atoms with van der Waals surface area (Å²) in [6, 6.07) is 11.3. The maximum absolute atomic E-state index is 14.0. The molecule has 1 unspecified atom stereocenters. The SMILES string of the molecule is COc1ccc(C(CNC(=O)c2cc(NC(C)=O)ccc2F)N(C)C)cc1. The van der Waals surface area contributed by atoms with E-state index in [0.29, 0.717) is 12.2 Å². The molecule has 2 amide bonds. The summed E-state index contributed by atoms with van der Waals surface area (Å²) in [6.45, 7) is 1.64. The third-order valence-corrected chi connectivity index (χ3v) is 4.11. The lowest BCUT2D eigenvalue weighted by Gasteiger charge is -2.25. The molecule has 27 heavy (non-hydrogen) atoms. The minimum Gasteiger partial charge on any atom is -0.497 e. The van der Waals surface area contributed by atoms with Crippen molar-refractivity contribution in [2.75, 3.05) is 33.1 Å². The Morgan fingerprint density at radius 2 is 1.81 bits per heavy atom. The Morgan fingerprint density at radius 3 is 2.37 bits per heavy atom. The van der Waals surface area contributed by atoms with Crippen LogP contribution in [0.3, 0.4) is 0 Å². The average Bonchev–Trinajstić information content (AvgIpc) is 2.63. The Bertz CT molecular complexity index is 807. The van der Waals surface area contributed by atoms with Gasteiger partial charge in [0.15, 0.2) is 0 Å². The van der Waals surface area contributed by atoms with Crippen LogP contribution in [0.2, 0.25) is 0 Å². The second kappa shape index (κ2) is 9.14. The number of rotatable bonds is 7. The number of likely N-dealkylation sites (N-methyl/N-ethyl adjacent to an activating group) is 1. The zero-order valence-electron chi connectivity index (χ0n) is 15.9. The van der Waals surface area contributed by atoms with E-state index in [1.54, 1.807) is 7.11 Å². The fourth-order valence-electron chi connectivity index (χ4n) is 2.69. The predicted octanol–water partition coefficient (Wildman–Crippen LogP) is 2.83. The second-order valence-corrected chi connectivity index (χ2v) is 6.34. The lowest BCUT2D eigenvalue weighted by Crippen LogP contribution is -2.35. The number of anilines is 1. The van der Waals surface area contributed by atoms with Crippen molar-refractivity contribution in [2.45, 2.75) is 13.0 Å². The highest BCUT2D eigenvalue weighted by Gasteiger charge is 2.18. The highest BCUT2D eigenvalue weighted by molar-refractivity contribution is 5.97. The zero-order chi connectivity index (χ0) is 20.0. The van der Waals surface area contributed by atoms with Crippen LogP contribution in [0.5, 0.6) is 5.75 Å². The minimum atomic E-state index is -0.646. The third-order valence-electron chi connectivity index (χ3n) is 4.11. The van der Waals surface area contributed by atoms with E-state index in [0.717, 1.165) is 17.4 Å². The first-order valence-corrected chi connectivity index (χ1v) is 8.47. The summed E-state index contributed by atoms with van der Waals surface area (Å²) in [5.41, 5.74) is 1.25. The molecule has 0 aliphatic rings. The van der Waals surface area contributed by atoms with Gasteiger partial charge in [-0.15, -0.1) is 0 Å². The number of nitrogens with zero attached hydrogens (tertiary/aromatic N) is 1. The molecule has 2 aromatic carbocycles. The van der Waals surface area contributed by atoms with Crippen molar-refractivity contribution in [3.8, 4) is 5.75 Å². The standard InChI is InChI=1S/C20H24FN3O3/c1-13(25)23-15-7-10-18(21)17(11-15)20(26)22-12-19(24(2)3)14-5-8-16(27-4)9-6-14/h5-11,19H,12H2,1-4H3,(H,22,26)(H,23,25). The quantitative estimate of drug-likeness (QED) is 0.783. The van der Waals surface area contributed by atoms with Crippen LogP contribution in [0.15, 0.2) is 42.5 Å². The maximum Gasteiger partial charge on any atom is 0.254 e. The number of carbonyl (C=O) groups excluding carboxylic acids is 2. The van der Waals surface area contributed by atoms with Gasteiger partial charge in [0.1, 0.15) is 11.6 Å². The molecular weight excluding hydrogens is 349 g/mol. The van der Waals surface area contributed by atoms with Crippen LogP contribution < -0.4 is 15.4 Å². The van der Waals surface area contributed by atoms with Crippen LogP contribution in [-0.4, -0.2) is 44.5 Å². The van der Waals surface area contributed by atoms with Crippen molar-refractivity contribution in [1.82, 2.24) is 10.2 Å². The van der Waals surface area contributed by atoms with Gasteiger partial charge in [-0.25, -0.2) is 4.39 Å². The summed E-state index contributed by atoms with van der Waals surface area (Å²) in [5.74, 6) is -0.732. The van der Waals surface area contributed by atoms with Gasteiger partial charge < -0.3 is 20.3 Å². The Labute approximate surface area is 158 Å². The lowest BCUT2D eigenvalue weighted by atomic mass is 10.1. The molecule has 2 aromatic rings. The van der Waals surface area contributed by atoms with E-state index in [1.807, 2.05) is 43.3 Å². The lowest BCUT2D eigenvalue weighted by molar-refractivity contribution is -0.114. The first-order chi connectivity index (χ1) is 12.8. The van der Waals surface area contributed by atoms with E-state index in [2.05, 4.69) is 10.6 Å². The normalized spacial score (nSPS) is 11.8. The van der Waals surface area contributed by atoms with Crippen molar-refractivity contribution < 1.29 is 18.7 Å². The van der Waals surface area contributed by atoms with Crippen molar-refractivity contribution in [1.29, 1.82) is 0 Å². The zero-order valence-corrected chi connectivity index (χ0v) is 15.9. The number of ether oxygens (including phenoxy) is 1. The molecule has 0 bridgehead atoms. The number of nitrogens with one attached hydrogen (secondary N) is 2. The highest BCUT2D eigenvalue weighted by Crippen LogP contribution is 2.21. The first kappa shape index (κ1) is 20.4. The second-order valence-electron chi connectivity index (χ2n) is 6.34. The summed E-state index contributed by atoms with van der Waals surface area (Å²) in [4.78, 5) is 25.6. The van der Waals surface area contributed by atoms with Gasteiger partial charge in [-0.2, -0.15) is 0 Å². The average molecular weight is 373 g/mol. The maximum atomic E-state index is 14.0. The molecule has 0 spiro atoms. The van der Waals surface area contributed by atoms with Gasteiger partial charge in [-0.3, -0.25) is 9.59 Å². The van der Waals surface area contributed by atoms with Crippen molar-refractivity contribution >= 4 is 17.5 Å². The van der Waals surface area contributed by atoms with Crippen LogP contribution in [0.1, 0.15) is 28.9 Å². The van der Waals surface area contributed by atoms with Gasteiger partial charge in [0.05, 0.1) is 18.7 Å². The third kappa shape index (κ3) is 5.52. The molecule has 0 aliphatic heterocycles. The molecule has 0 radical (unpaired) electrons. The number of benzene rings is 2. The molecule has 0 heterocycles. The summed E-state index contributed by atoms with van der Waals surface area (Å²) >= 11 is 0. The molecule has 2 N–H and O–H groups in total. The van der Waals surface area contributed by atoms with Gasteiger partial charge in [-0.1, -0.05) is 12.1 Å². The molecule has 144 valence electrons. The summed E-state index contributed by atoms with van der Waals surface area (Å²) in [5, 5.41) is 5.31. The monoisotopic (exact) mass is 373 g/mol. The molecule has 7 heteroatoms. The summed E-state index contributed by atoms with van der Waals surface area (Å²) in [7, 11) is 5.40. The van der Waals surface area contributed by atoms with Gasteiger partial charge in [-0.05, 0) is 50.0 Å². The van der Waals surface area contributed by atoms with E-state index < -0.39 is 11.7 Å². The van der Waals surface area contributed by atoms with E-state index in [4.69, 9.17) is 4.74 Å².